The fourth-order valence-corrected chi connectivity index (χ4v) is 3.21. The smallest absolute Gasteiger partial charge is 0.332 e. The van der Waals surface area contributed by atoms with Gasteiger partial charge >= 0.3 is 5.97 Å². The highest BCUT2D eigenvalue weighted by Crippen LogP contribution is 2.20. The summed E-state index contributed by atoms with van der Waals surface area (Å²) in [5.41, 5.74) is 0.730. The fraction of sp³-hybridized carbons (Fsp3) is 0.467. The van der Waals surface area contributed by atoms with Gasteiger partial charge in [0.15, 0.2) is 6.10 Å². The number of carboxylic acids is 1. The number of carbonyl (C=O) groups excluding carboxylic acids is 1. The number of nitrogens with one attached hydrogen (secondary N) is 1. The number of carboxylic acid groups (broad SMARTS) is 1. The molecule has 2 N–H and O–H groups in total. The van der Waals surface area contributed by atoms with E-state index in [1.165, 1.54) is 26.2 Å². The topological polar surface area (TPSA) is 113 Å². The first-order chi connectivity index (χ1) is 11.2. The lowest BCUT2D eigenvalue weighted by Crippen LogP contribution is -2.35. The van der Waals surface area contributed by atoms with Crippen LogP contribution in [-0.2, 0) is 30.9 Å². The van der Waals surface area contributed by atoms with Crippen LogP contribution in [0.2, 0.25) is 0 Å². The van der Waals surface area contributed by atoms with Crippen LogP contribution in [0.1, 0.15) is 18.4 Å². The van der Waals surface area contributed by atoms with Crippen LogP contribution in [0.5, 0.6) is 0 Å². The Bertz CT molecular complexity index is 714. The summed E-state index contributed by atoms with van der Waals surface area (Å²) in [5.74, 6) is -1.44. The zero-order chi connectivity index (χ0) is 17.9. The lowest BCUT2D eigenvalue weighted by Gasteiger charge is -2.13. The molecule has 0 bridgehead atoms. The van der Waals surface area contributed by atoms with Crippen molar-refractivity contribution < 1.29 is 27.9 Å². The molecule has 0 unspecified atom stereocenters. The SMILES string of the molecule is CN(C)S(=O)(=O)c1ccc(CNC(=O)[C@@H]2CC[C@H](C(=O)O)O2)cc1. The molecule has 2 rings (SSSR count). The normalized spacial score (nSPS) is 21.0. The van der Waals surface area contributed by atoms with Crippen LogP contribution in [0.15, 0.2) is 29.2 Å². The monoisotopic (exact) mass is 356 g/mol. The molecule has 1 aliphatic heterocycles. The molecule has 9 heteroatoms. The molecule has 1 aliphatic rings. The van der Waals surface area contributed by atoms with E-state index >= 15 is 0 Å². The molecule has 0 radical (unpaired) electrons. The van der Waals surface area contributed by atoms with Gasteiger partial charge in [-0.3, -0.25) is 4.79 Å². The Kier molecular flexibility index (Phi) is 5.58. The molecule has 0 saturated carbocycles. The van der Waals surface area contributed by atoms with Crippen LogP contribution in [0.3, 0.4) is 0 Å². The van der Waals surface area contributed by atoms with Gasteiger partial charge in [-0.2, -0.15) is 0 Å². The average molecular weight is 356 g/mol. The Labute approximate surface area is 140 Å². The molecule has 1 fully saturated rings. The number of rotatable bonds is 6. The predicted octanol–water partition coefficient (Wildman–Crippen LogP) is 0.185. The number of benzene rings is 1. The molecule has 1 aromatic carbocycles. The summed E-state index contributed by atoms with van der Waals surface area (Å²) < 4.78 is 30.2. The van der Waals surface area contributed by atoms with Crippen LogP contribution >= 0.6 is 0 Å². The minimum absolute atomic E-state index is 0.172. The third-order valence-corrected chi connectivity index (χ3v) is 5.59. The quantitative estimate of drug-likeness (QED) is 0.752. The number of hydrogen-bond donors (Lipinski definition) is 2. The number of sulfonamides is 1. The van der Waals surface area contributed by atoms with Crippen molar-refractivity contribution in [2.45, 2.75) is 36.5 Å². The first kappa shape index (κ1) is 18.4. The second-order valence-corrected chi connectivity index (χ2v) is 7.83. The zero-order valence-electron chi connectivity index (χ0n) is 13.4. The Morgan fingerprint density at radius 2 is 1.79 bits per heavy atom. The van der Waals surface area contributed by atoms with E-state index in [0.29, 0.717) is 12.8 Å². The summed E-state index contributed by atoms with van der Waals surface area (Å²) in [4.78, 5) is 22.9. The molecule has 0 spiro atoms. The maximum Gasteiger partial charge on any atom is 0.332 e. The van der Waals surface area contributed by atoms with E-state index in [4.69, 9.17) is 9.84 Å². The van der Waals surface area contributed by atoms with E-state index in [2.05, 4.69) is 5.32 Å². The van der Waals surface area contributed by atoms with E-state index < -0.39 is 28.2 Å². The summed E-state index contributed by atoms with van der Waals surface area (Å²) in [7, 11) is -0.574. The lowest BCUT2D eigenvalue weighted by atomic mass is 10.2. The molecule has 1 amide bonds. The van der Waals surface area contributed by atoms with Gasteiger partial charge in [-0.25, -0.2) is 17.5 Å². The van der Waals surface area contributed by atoms with Crippen molar-refractivity contribution >= 4 is 21.9 Å². The third-order valence-electron chi connectivity index (χ3n) is 3.76. The van der Waals surface area contributed by atoms with E-state index in [1.807, 2.05) is 0 Å². The van der Waals surface area contributed by atoms with Gasteiger partial charge in [0.05, 0.1) is 4.90 Å². The van der Waals surface area contributed by atoms with Crippen LogP contribution in [0.4, 0.5) is 0 Å². The van der Waals surface area contributed by atoms with E-state index in [-0.39, 0.29) is 17.3 Å². The van der Waals surface area contributed by atoms with Crippen LogP contribution in [0, 0.1) is 0 Å². The van der Waals surface area contributed by atoms with E-state index in [0.717, 1.165) is 9.87 Å². The number of nitrogens with zero attached hydrogens (tertiary/aromatic N) is 1. The fourth-order valence-electron chi connectivity index (χ4n) is 2.30. The number of hydrogen-bond acceptors (Lipinski definition) is 5. The van der Waals surface area contributed by atoms with Crippen LogP contribution < -0.4 is 5.32 Å². The first-order valence-electron chi connectivity index (χ1n) is 7.39. The van der Waals surface area contributed by atoms with Crippen LogP contribution in [0.25, 0.3) is 0 Å². The van der Waals surface area contributed by atoms with Gasteiger partial charge in [0.1, 0.15) is 6.10 Å². The molecule has 132 valence electrons. The molecular weight excluding hydrogens is 336 g/mol. The first-order valence-corrected chi connectivity index (χ1v) is 8.83. The van der Waals surface area contributed by atoms with Crippen molar-refractivity contribution in [1.29, 1.82) is 0 Å². The molecule has 1 aromatic rings. The highest BCUT2D eigenvalue weighted by molar-refractivity contribution is 7.89. The van der Waals surface area contributed by atoms with Gasteiger partial charge in [0.25, 0.3) is 0 Å². The Balaban J connectivity index is 1.91. The number of aliphatic carboxylic acids is 1. The van der Waals surface area contributed by atoms with Gasteiger partial charge in [-0.05, 0) is 30.5 Å². The van der Waals surface area contributed by atoms with Crippen molar-refractivity contribution in [3.05, 3.63) is 29.8 Å². The van der Waals surface area contributed by atoms with Gasteiger partial charge < -0.3 is 15.2 Å². The van der Waals surface area contributed by atoms with Crippen LogP contribution in [-0.4, -0.2) is 56.0 Å². The molecule has 1 saturated heterocycles. The minimum Gasteiger partial charge on any atom is -0.479 e. The van der Waals surface area contributed by atoms with Gasteiger partial charge in [-0.15, -0.1) is 0 Å². The van der Waals surface area contributed by atoms with Crippen molar-refractivity contribution in [2.24, 2.45) is 0 Å². The molecular formula is C15H20N2O6S. The van der Waals surface area contributed by atoms with Gasteiger partial charge in [0, 0.05) is 20.6 Å². The summed E-state index contributed by atoms with van der Waals surface area (Å²) >= 11 is 0. The molecule has 8 nitrogen and oxygen atoms in total. The number of carbonyl (C=O) groups is 2. The van der Waals surface area contributed by atoms with Crippen molar-refractivity contribution in [1.82, 2.24) is 9.62 Å². The summed E-state index contributed by atoms with van der Waals surface area (Å²) in [6, 6.07) is 6.19. The maximum absolute atomic E-state index is 12.0. The van der Waals surface area contributed by atoms with Gasteiger partial charge in [-0.1, -0.05) is 12.1 Å². The summed E-state index contributed by atoms with van der Waals surface area (Å²) in [6.45, 7) is 0.207. The number of ether oxygens (including phenoxy) is 1. The molecule has 0 aliphatic carbocycles. The maximum atomic E-state index is 12.0. The second kappa shape index (κ2) is 7.29. The van der Waals surface area contributed by atoms with Crippen molar-refractivity contribution in [3.63, 3.8) is 0 Å². The lowest BCUT2D eigenvalue weighted by molar-refractivity contribution is -0.151. The van der Waals surface area contributed by atoms with Gasteiger partial charge in [0.2, 0.25) is 15.9 Å². The molecule has 0 aromatic heterocycles. The Morgan fingerprint density at radius 1 is 1.21 bits per heavy atom. The Morgan fingerprint density at radius 3 is 2.29 bits per heavy atom. The number of amides is 1. The summed E-state index contributed by atoms with van der Waals surface area (Å²) in [5, 5.41) is 11.5. The standard InChI is InChI=1S/C15H20N2O6S/c1-17(2)24(21,22)11-5-3-10(4-6-11)9-16-14(18)12-7-8-13(23-12)15(19)20/h3-6,12-13H,7-9H2,1-2H3,(H,16,18)(H,19,20)/t12-,13+/m0/s1. The van der Waals surface area contributed by atoms with E-state index in [1.54, 1.807) is 12.1 Å². The highest BCUT2D eigenvalue weighted by atomic mass is 32.2. The predicted molar refractivity (Wildman–Crippen MR) is 84.7 cm³/mol. The average Bonchev–Trinajstić information content (AvgIpc) is 3.03. The van der Waals surface area contributed by atoms with Crippen molar-refractivity contribution in [3.8, 4) is 0 Å². The Hall–Kier alpha value is -1.97. The summed E-state index contributed by atoms with van der Waals surface area (Å²) in [6.07, 6.45) is -1.02. The zero-order valence-corrected chi connectivity index (χ0v) is 14.2. The minimum atomic E-state index is -3.48. The largest absolute Gasteiger partial charge is 0.479 e. The van der Waals surface area contributed by atoms with E-state index in [9.17, 15) is 18.0 Å². The molecule has 24 heavy (non-hydrogen) atoms. The highest BCUT2D eigenvalue weighted by Gasteiger charge is 2.34. The second-order valence-electron chi connectivity index (χ2n) is 5.68. The molecule has 1 heterocycles. The van der Waals surface area contributed by atoms with Crippen molar-refractivity contribution in [2.75, 3.05) is 14.1 Å². The molecule has 2 atom stereocenters. The third kappa shape index (κ3) is 4.11.